The third-order valence-electron chi connectivity index (χ3n) is 5.10. The van der Waals surface area contributed by atoms with Crippen molar-refractivity contribution in [2.45, 2.75) is 32.2 Å². The van der Waals surface area contributed by atoms with E-state index in [2.05, 4.69) is 15.5 Å². The molecule has 0 aliphatic carbocycles. The van der Waals surface area contributed by atoms with Gasteiger partial charge in [0.2, 0.25) is 0 Å². The number of amides is 2. The van der Waals surface area contributed by atoms with Gasteiger partial charge in [-0.1, -0.05) is 12.1 Å². The second-order valence-electron chi connectivity index (χ2n) is 7.03. The van der Waals surface area contributed by atoms with E-state index in [1.807, 2.05) is 25.1 Å². The number of anilines is 1. The molecule has 2 N–H and O–H groups in total. The third-order valence-corrected chi connectivity index (χ3v) is 5.10. The zero-order chi connectivity index (χ0) is 17.6. The van der Waals surface area contributed by atoms with Crippen LogP contribution in [0.1, 0.15) is 24.8 Å². The summed E-state index contributed by atoms with van der Waals surface area (Å²) in [5, 5.41) is 5.42. The second kappa shape index (κ2) is 8.45. The van der Waals surface area contributed by atoms with Crippen LogP contribution >= 0.6 is 0 Å². The van der Waals surface area contributed by atoms with Crippen molar-refractivity contribution in [1.82, 2.24) is 10.2 Å². The number of aryl methyl sites for hydroxylation is 1. The van der Waals surface area contributed by atoms with E-state index in [0.29, 0.717) is 24.2 Å². The topological polar surface area (TPSA) is 70.7 Å². The molecule has 0 bridgehead atoms. The fraction of sp³-hybridized carbons (Fsp3) is 0.579. The van der Waals surface area contributed by atoms with Crippen molar-refractivity contribution < 1.29 is 14.3 Å². The van der Waals surface area contributed by atoms with E-state index in [9.17, 15) is 9.59 Å². The lowest BCUT2D eigenvalue weighted by Gasteiger charge is -2.35. The van der Waals surface area contributed by atoms with E-state index in [-0.39, 0.29) is 0 Å². The van der Waals surface area contributed by atoms with Gasteiger partial charge in [0.05, 0.1) is 6.61 Å². The highest BCUT2D eigenvalue weighted by Gasteiger charge is 2.28. The zero-order valence-electron chi connectivity index (χ0n) is 14.8. The molecule has 136 valence electrons. The van der Waals surface area contributed by atoms with Crippen LogP contribution in [0.4, 0.5) is 5.69 Å². The Kier molecular flexibility index (Phi) is 6.04. The maximum Gasteiger partial charge on any atom is 0.313 e. The van der Waals surface area contributed by atoms with Gasteiger partial charge in [-0.15, -0.1) is 0 Å². The van der Waals surface area contributed by atoms with Crippen molar-refractivity contribution in [3.05, 3.63) is 29.8 Å². The van der Waals surface area contributed by atoms with Crippen LogP contribution in [0.15, 0.2) is 24.3 Å². The predicted octanol–water partition coefficient (Wildman–Crippen LogP) is 1.55. The molecule has 0 saturated carbocycles. The standard InChI is InChI=1S/C19H27N3O3/c1-14-3-2-4-16(11-14)21-19(24)18(23)20-12-15-5-8-22(9-6-15)17-7-10-25-13-17/h2-4,11,15,17H,5-10,12-13H2,1H3,(H,20,23)(H,21,24)/t17-/m1/s1. The summed E-state index contributed by atoms with van der Waals surface area (Å²) in [6.07, 6.45) is 3.23. The monoisotopic (exact) mass is 345 g/mol. The van der Waals surface area contributed by atoms with Crippen molar-refractivity contribution >= 4 is 17.5 Å². The maximum absolute atomic E-state index is 12.0. The Morgan fingerprint density at radius 3 is 2.68 bits per heavy atom. The summed E-state index contributed by atoms with van der Waals surface area (Å²) >= 11 is 0. The van der Waals surface area contributed by atoms with Crippen LogP contribution in [0.5, 0.6) is 0 Å². The second-order valence-corrected chi connectivity index (χ2v) is 7.03. The van der Waals surface area contributed by atoms with E-state index in [4.69, 9.17) is 4.74 Å². The van der Waals surface area contributed by atoms with E-state index >= 15 is 0 Å². The molecule has 2 amide bonds. The van der Waals surface area contributed by atoms with Crippen LogP contribution < -0.4 is 10.6 Å². The Morgan fingerprint density at radius 2 is 2.00 bits per heavy atom. The molecule has 3 rings (SSSR count). The van der Waals surface area contributed by atoms with Crippen LogP contribution in [0.25, 0.3) is 0 Å². The van der Waals surface area contributed by atoms with Gasteiger partial charge in [0.1, 0.15) is 0 Å². The molecule has 2 saturated heterocycles. The molecule has 2 fully saturated rings. The van der Waals surface area contributed by atoms with Gasteiger partial charge in [0.15, 0.2) is 0 Å². The number of hydrogen-bond donors (Lipinski definition) is 2. The van der Waals surface area contributed by atoms with Crippen LogP contribution in [0, 0.1) is 12.8 Å². The number of carbonyl (C=O) groups is 2. The van der Waals surface area contributed by atoms with Gasteiger partial charge in [-0.3, -0.25) is 14.5 Å². The van der Waals surface area contributed by atoms with E-state index < -0.39 is 11.8 Å². The third kappa shape index (κ3) is 5.03. The first-order chi connectivity index (χ1) is 12.1. The first-order valence-corrected chi connectivity index (χ1v) is 9.09. The summed E-state index contributed by atoms with van der Waals surface area (Å²) in [5.74, 6) is -0.728. The Bertz CT molecular complexity index is 606. The molecule has 6 nitrogen and oxygen atoms in total. The molecule has 6 heteroatoms. The highest BCUT2D eigenvalue weighted by Crippen LogP contribution is 2.21. The molecule has 0 aromatic heterocycles. The number of piperidine rings is 1. The fourth-order valence-electron chi connectivity index (χ4n) is 3.56. The maximum atomic E-state index is 12.0. The average molecular weight is 345 g/mol. The van der Waals surface area contributed by atoms with Crippen molar-refractivity contribution in [1.29, 1.82) is 0 Å². The summed E-state index contributed by atoms with van der Waals surface area (Å²) < 4.78 is 5.46. The van der Waals surface area contributed by atoms with Crippen LogP contribution in [-0.2, 0) is 14.3 Å². The molecule has 2 aliphatic rings. The van der Waals surface area contributed by atoms with Crippen LogP contribution in [-0.4, -0.2) is 55.6 Å². The minimum atomic E-state index is -0.605. The number of nitrogens with one attached hydrogen (secondary N) is 2. The Hall–Kier alpha value is -1.92. The minimum absolute atomic E-state index is 0.439. The molecule has 0 unspecified atom stereocenters. The van der Waals surface area contributed by atoms with Gasteiger partial charge < -0.3 is 15.4 Å². The molecular weight excluding hydrogens is 318 g/mol. The average Bonchev–Trinajstić information content (AvgIpc) is 3.14. The fourth-order valence-corrected chi connectivity index (χ4v) is 3.56. The smallest absolute Gasteiger partial charge is 0.313 e. The number of nitrogens with zero attached hydrogens (tertiary/aromatic N) is 1. The summed E-state index contributed by atoms with van der Waals surface area (Å²) in [5.41, 5.74) is 1.69. The quantitative estimate of drug-likeness (QED) is 0.813. The molecule has 25 heavy (non-hydrogen) atoms. The van der Waals surface area contributed by atoms with Crippen molar-refractivity contribution in [3.63, 3.8) is 0 Å². The molecule has 1 aromatic carbocycles. The Morgan fingerprint density at radius 1 is 1.20 bits per heavy atom. The van der Waals surface area contributed by atoms with Gasteiger partial charge in [-0.05, 0) is 62.9 Å². The van der Waals surface area contributed by atoms with Gasteiger partial charge in [-0.2, -0.15) is 0 Å². The summed E-state index contributed by atoms with van der Waals surface area (Å²) in [4.78, 5) is 26.5. The SMILES string of the molecule is Cc1cccc(NC(=O)C(=O)NCC2CCN([C@@H]3CCOC3)CC2)c1. The van der Waals surface area contributed by atoms with Gasteiger partial charge in [-0.25, -0.2) is 0 Å². The minimum Gasteiger partial charge on any atom is -0.380 e. The highest BCUT2D eigenvalue weighted by atomic mass is 16.5. The highest BCUT2D eigenvalue weighted by molar-refractivity contribution is 6.39. The van der Waals surface area contributed by atoms with Crippen LogP contribution in [0.2, 0.25) is 0 Å². The number of benzene rings is 1. The largest absolute Gasteiger partial charge is 0.380 e. The lowest BCUT2D eigenvalue weighted by molar-refractivity contribution is -0.136. The van der Waals surface area contributed by atoms with Crippen molar-refractivity contribution in [2.75, 3.05) is 38.2 Å². The van der Waals surface area contributed by atoms with Gasteiger partial charge in [0.25, 0.3) is 0 Å². The normalized spacial score (nSPS) is 21.9. The number of hydrogen-bond acceptors (Lipinski definition) is 4. The Balaban J connectivity index is 1.38. The lowest BCUT2D eigenvalue weighted by Crippen LogP contribution is -2.45. The van der Waals surface area contributed by atoms with Gasteiger partial charge >= 0.3 is 11.8 Å². The van der Waals surface area contributed by atoms with Crippen LogP contribution in [0.3, 0.4) is 0 Å². The predicted molar refractivity (Wildman–Crippen MR) is 96.3 cm³/mol. The number of likely N-dealkylation sites (tertiary alicyclic amines) is 1. The summed E-state index contributed by atoms with van der Waals surface area (Å²) in [7, 11) is 0. The van der Waals surface area contributed by atoms with Gasteiger partial charge in [0, 0.05) is 24.9 Å². The number of rotatable bonds is 4. The van der Waals surface area contributed by atoms with E-state index in [0.717, 1.165) is 51.1 Å². The summed E-state index contributed by atoms with van der Waals surface area (Å²) in [6.45, 7) is 6.32. The zero-order valence-corrected chi connectivity index (χ0v) is 14.8. The molecule has 0 spiro atoms. The molecule has 2 aliphatic heterocycles. The molecule has 1 aromatic rings. The van der Waals surface area contributed by atoms with E-state index in [1.54, 1.807) is 6.07 Å². The summed E-state index contributed by atoms with van der Waals surface area (Å²) in [6, 6.07) is 7.98. The number of carbonyl (C=O) groups excluding carboxylic acids is 2. The Labute approximate surface area is 148 Å². The lowest BCUT2D eigenvalue weighted by atomic mass is 9.95. The molecular formula is C19H27N3O3. The first kappa shape index (κ1) is 17.9. The number of ether oxygens (including phenoxy) is 1. The molecule has 2 heterocycles. The molecule has 1 atom stereocenters. The van der Waals surface area contributed by atoms with Crippen molar-refractivity contribution in [3.8, 4) is 0 Å². The van der Waals surface area contributed by atoms with E-state index in [1.165, 1.54) is 0 Å². The first-order valence-electron chi connectivity index (χ1n) is 9.09. The molecule has 0 radical (unpaired) electrons. The van der Waals surface area contributed by atoms with Crippen molar-refractivity contribution in [2.24, 2.45) is 5.92 Å².